The molecule has 5 rings (SSSR count). The largest absolute Gasteiger partial charge is 0.397 e. The number of pyridine rings is 1. The fraction of sp³-hybridized carbons (Fsp3) is 0. The van der Waals surface area contributed by atoms with Crippen LogP contribution in [0.5, 0.6) is 0 Å². The Kier molecular flexibility index (Phi) is 4.38. The Morgan fingerprint density at radius 1 is 1.00 bits per heavy atom. The smallest absolute Gasteiger partial charge is 0.205 e. The molecule has 0 atom stereocenters. The molecule has 0 radical (unpaired) electrons. The van der Waals surface area contributed by atoms with E-state index in [1.165, 1.54) is 11.3 Å². The van der Waals surface area contributed by atoms with E-state index in [2.05, 4.69) is 9.97 Å². The van der Waals surface area contributed by atoms with Crippen LogP contribution in [0.15, 0.2) is 72.5 Å². The number of aromatic nitrogens is 3. The zero-order valence-corrected chi connectivity index (χ0v) is 16.7. The third-order valence-corrected chi connectivity index (χ3v) is 6.55. The van der Waals surface area contributed by atoms with E-state index >= 15 is 0 Å². The number of rotatable bonds is 4. The third-order valence-electron chi connectivity index (χ3n) is 4.55. The van der Waals surface area contributed by atoms with Crippen molar-refractivity contribution in [1.29, 1.82) is 0 Å². The molecule has 29 heavy (non-hydrogen) atoms. The second-order valence-corrected chi connectivity index (χ2v) is 8.29. The van der Waals surface area contributed by atoms with Gasteiger partial charge < -0.3 is 5.73 Å². The number of hydrogen-bond donors (Lipinski definition) is 1. The van der Waals surface area contributed by atoms with Gasteiger partial charge in [0.05, 0.1) is 17.6 Å². The van der Waals surface area contributed by atoms with E-state index in [4.69, 9.17) is 10.7 Å². The van der Waals surface area contributed by atoms with Crippen molar-refractivity contribution in [3.8, 4) is 21.8 Å². The first-order chi connectivity index (χ1) is 14.2. The highest BCUT2D eigenvalue weighted by atomic mass is 32.1. The van der Waals surface area contributed by atoms with Gasteiger partial charge in [0, 0.05) is 33.8 Å². The maximum Gasteiger partial charge on any atom is 0.205 e. The van der Waals surface area contributed by atoms with Crippen molar-refractivity contribution in [3.63, 3.8) is 0 Å². The number of hydrogen-bond acceptors (Lipinski definition) is 7. The van der Waals surface area contributed by atoms with E-state index in [9.17, 15) is 4.79 Å². The molecule has 0 saturated carbocycles. The van der Waals surface area contributed by atoms with E-state index in [-0.39, 0.29) is 5.78 Å². The van der Waals surface area contributed by atoms with E-state index in [1.807, 2.05) is 41.8 Å². The molecule has 0 fully saturated rings. The van der Waals surface area contributed by atoms with Crippen molar-refractivity contribution in [2.45, 2.75) is 0 Å². The first-order valence-electron chi connectivity index (χ1n) is 8.85. The maximum absolute atomic E-state index is 13.1. The van der Waals surface area contributed by atoms with Gasteiger partial charge in [0.25, 0.3) is 0 Å². The van der Waals surface area contributed by atoms with Crippen molar-refractivity contribution in [3.05, 3.63) is 82.9 Å². The molecule has 5 nitrogen and oxygen atoms in total. The van der Waals surface area contributed by atoms with Gasteiger partial charge in [-0.15, -0.1) is 22.7 Å². The molecule has 4 aromatic heterocycles. The highest BCUT2D eigenvalue weighted by Crippen LogP contribution is 2.42. The SMILES string of the molecule is Nc1c(C(=O)c2ccccc2)sc2nc(-c3cnccn3)cc(-c3cccs3)c12. The molecule has 0 amide bonds. The van der Waals surface area contributed by atoms with Crippen molar-refractivity contribution in [2.24, 2.45) is 0 Å². The maximum atomic E-state index is 13.1. The van der Waals surface area contributed by atoms with Crippen LogP contribution in [-0.4, -0.2) is 20.7 Å². The van der Waals surface area contributed by atoms with Crippen LogP contribution in [0.3, 0.4) is 0 Å². The lowest BCUT2D eigenvalue weighted by Gasteiger charge is -2.06. The molecule has 0 aliphatic rings. The van der Waals surface area contributed by atoms with Crippen LogP contribution >= 0.6 is 22.7 Å². The fourth-order valence-electron chi connectivity index (χ4n) is 3.20. The van der Waals surface area contributed by atoms with Gasteiger partial charge in [-0.2, -0.15) is 0 Å². The molecule has 5 aromatic rings. The Labute approximate surface area is 174 Å². The topological polar surface area (TPSA) is 81.8 Å². The molecule has 7 heteroatoms. The second-order valence-electron chi connectivity index (χ2n) is 6.34. The van der Waals surface area contributed by atoms with E-state index < -0.39 is 0 Å². The van der Waals surface area contributed by atoms with E-state index in [1.54, 1.807) is 42.1 Å². The number of nitrogens with zero attached hydrogens (tertiary/aromatic N) is 3. The molecule has 0 saturated heterocycles. The molecule has 0 spiro atoms. The summed E-state index contributed by atoms with van der Waals surface area (Å²) < 4.78 is 0. The molecule has 1 aromatic carbocycles. The van der Waals surface area contributed by atoms with Gasteiger partial charge in [0.15, 0.2) is 0 Å². The number of fused-ring (bicyclic) bond motifs is 1. The number of thiophene rings is 2. The lowest BCUT2D eigenvalue weighted by atomic mass is 10.0. The van der Waals surface area contributed by atoms with Crippen molar-refractivity contribution in [1.82, 2.24) is 15.0 Å². The van der Waals surface area contributed by atoms with Crippen LogP contribution in [-0.2, 0) is 0 Å². The molecule has 0 bridgehead atoms. The lowest BCUT2D eigenvalue weighted by molar-refractivity contribution is 0.104. The van der Waals surface area contributed by atoms with Crippen LogP contribution in [0.4, 0.5) is 5.69 Å². The zero-order valence-electron chi connectivity index (χ0n) is 15.1. The predicted molar refractivity (Wildman–Crippen MR) is 118 cm³/mol. The summed E-state index contributed by atoms with van der Waals surface area (Å²) in [4.78, 5) is 28.6. The van der Waals surface area contributed by atoms with Crippen molar-refractivity contribution in [2.75, 3.05) is 5.73 Å². The van der Waals surface area contributed by atoms with E-state index in [0.29, 0.717) is 32.3 Å². The summed E-state index contributed by atoms with van der Waals surface area (Å²) >= 11 is 2.94. The van der Waals surface area contributed by atoms with Gasteiger partial charge in [0.1, 0.15) is 15.4 Å². The minimum Gasteiger partial charge on any atom is -0.397 e. The zero-order chi connectivity index (χ0) is 19.8. The second kappa shape index (κ2) is 7.20. The Morgan fingerprint density at radius 2 is 1.86 bits per heavy atom. The Bertz CT molecular complexity index is 1310. The summed E-state index contributed by atoms with van der Waals surface area (Å²) in [6.07, 6.45) is 4.94. The van der Waals surface area contributed by atoms with Gasteiger partial charge in [-0.1, -0.05) is 36.4 Å². The number of carbonyl (C=O) groups excluding carboxylic acids is 1. The Balaban J connectivity index is 1.76. The molecule has 2 N–H and O–H groups in total. The van der Waals surface area contributed by atoms with Gasteiger partial charge in [-0.25, -0.2) is 4.98 Å². The summed E-state index contributed by atoms with van der Waals surface area (Å²) in [6.45, 7) is 0. The van der Waals surface area contributed by atoms with Crippen molar-refractivity contribution < 1.29 is 4.79 Å². The fourth-order valence-corrected chi connectivity index (χ4v) is 5.03. The number of nitrogens with two attached hydrogens (primary N) is 1. The van der Waals surface area contributed by atoms with Crippen LogP contribution in [0.1, 0.15) is 15.2 Å². The molecule has 4 heterocycles. The van der Waals surface area contributed by atoms with Crippen molar-refractivity contribution >= 4 is 44.4 Å². The van der Waals surface area contributed by atoms with Gasteiger partial charge >= 0.3 is 0 Å². The van der Waals surface area contributed by atoms with Gasteiger partial charge in [0.2, 0.25) is 5.78 Å². The summed E-state index contributed by atoms with van der Waals surface area (Å²) in [5, 5.41) is 2.83. The average molecular weight is 415 g/mol. The van der Waals surface area contributed by atoms with Gasteiger partial charge in [-0.05, 0) is 17.5 Å². The summed E-state index contributed by atoms with van der Waals surface area (Å²) in [5.41, 5.74) is 9.91. The first-order valence-corrected chi connectivity index (χ1v) is 10.5. The van der Waals surface area contributed by atoms with E-state index in [0.717, 1.165) is 15.8 Å². The molecule has 0 aliphatic carbocycles. The van der Waals surface area contributed by atoms with Crippen LogP contribution in [0.25, 0.3) is 32.0 Å². The quantitative estimate of drug-likeness (QED) is 0.404. The molecule has 140 valence electrons. The number of carbonyl (C=O) groups is 1. The normalized spacial score (nSPS) is 11.0. The number of ketones is 1. The monoisotopic (exact) mass is 414 g/mol. The van der Waals surface area contributed by atoms with Crippen LogP contribution < -0.4 is 5.73 Å². The van der Waals surface area contributed by atoms with Gasteiger partial charge in [-0.3, -0.25) is 14.8 Å². The lowest BCUT2D eigenvalue weighted by Crippen LogP contribution is -2.01. The first kappa shape index (κ1) is 17.7. The number of benzene rings is 1. The Hall–Kier alpha value is -3.42. The van der Waals surface area contributed by atoms with Crippen LogP contribution in [0, 0.1) is 0 Å². The van der Waals surface area contributed by atoms with Crippen LogP contribution in [0.2, 0.25) is 0 Å². The number of nitrogen functional groups attached to an aromatic ring is 1. The number of anilines is 1. The Morgan fingerprint density at radius 3 is 2.59 bits per heavy atom. The molecule has 0 aliphatic heterocycles. The molecular formula is C22H14N4OS2. The third kappa shape index (κ3) is 3.10. The molecular weight excluding hydrogens is 400 g/mol. The minimum atomic E-state index is -0.0933. The summed E-state index contributed by atoms with van der Waals surface area (Å²) in [7, 11) is 0. The summed E-state index contributed by atoms with van der Waals surface area (Å²) in [5.74, 6) is -0.0933. The minimum absolute atomic E-state index is 0.0933. The average Bonchev–Trinajstić information content (AvgIpc) is 3.42. The molecule has 0 unspecified atom stereocenters. The highest BCUT2D eigenvalue weighted by molar-refractivity contribution is 7.21. The summed E-state index contributed by atoms with van der Waals surface area (Å²) in [6, 6.07) is 15.2. The standard InChI is InChI=1S/C22H14N4OS2/c23-19-18-14(17-7-4-10-28-17)11-15(16-12-24-8-9-25-16)26-22(18)29-21(19)20(27)13-5-2-1-3-6-13/h1-12H,23H2. The highest BCUT2D eigenvalue weighted by Gasteiger charge is 2.22. The predicted octanol–water partition coefficient (Wildman–Crippen LogP) is 5.30.